The number of rotatable bonds is 12. The molecule has 1 aliphatic rings. The van der Waals surface area contributed by atoms with Crippen molar-refractivity contribution in [2.45, 2.75) is 38.5 Å². The highest BCUT2D eigenvalue weighted by Crippen LogP contribution is 2.37. The fourth-order valence-corrected chi connectivity index (χ4v) is 3.84. The van der Waals surface area contributed by atoms with Crippen molar-refractivity contribution in [1.29, 1.82) is 0 Å². The van der Waals surface area contributed by atoms with Gasteiger partial charge in [-0.1, -0.05) is 6.07 Å². The Balaban J connectivity index is 1.72. The molecule has 2 unspecified atom stereocenters. The molecule has 224 valence electrons. The van der Waals surface area contributed by atoms with Crippen LogP contribution in [0.3, 0.4) is 0 Å². The quantitative estimate of drug-likeness (QED) is 0.136. The molecule has 0 bridgehead atoms. The zero-order valence-electron chi connectivity index (χ0n) is 21.7. The Morgan fingerprint density at radius 3 is 2.50 bits per heavy atom. The normalized spacial score (nSPS) is 14.2. The third kappa shape index (κ3) is 7.25. The summed E-state index contributed by atoms with van der Waals surface area (Å²) in [4.78, 5) is 41.1. The lowest BCUT2D eigenvalue weighted by molar-refractivity contribution is -0.131. The maximum absolute atomic E-state index is 14.5. The van der Waals surface area contributed by atoms with Crippen molar-refractivity contribution in [3.63, 3.8) is 0 Å². The van der Waals surface area contributed by atoms with Crippen molar-refractivity contribution < 1.29 is 55.8 Å². The van der Waals surface area contributed by atoms with Crippen LogP contribution in [0.1, 0.15) is 53.7 Å². The van der Waals surface area contributed by atoms with E-state index >= 15 is 0 Å². The van der Waals surface area contributed by atoms with E-state index in [1.807, 2.05) is 0 Å². The average Bonchev–Trinajstić information content (AvgIpc) is 3.65. The molecule has 3 aromatic rings. The molecule has 2 atom stereocenters. The number of benzene rings is 2. The molecule has 0 aliphatic heterocycles. The fourth-order valence-electron chi connectivity index (χ4n) is 3.84. The number of hydroxylamine groups is 1. The van der Waals surface area contributed by atoms with E-state index < -0.39 is 59.6 Å². The van der Waals surface area contributed by atoms with Crippen molar-refractivity contribution in [3.8, 4) is 23.0 Å². The molecular formula is C26H24F4N4O8. The van der Waals surface area contributed by atoms with Gasteiger partial charge in [0.2, 0.25) is 5.89 Å². The first-order chi connectivity index (χ1) is 20.0. The van der Waals surface area contributed by atoms with Gasteiger partial charge in [0.1, 0.15) is 17.7 Å². The summed E-state index contributed by atoms with van der Waals surface area (Å²) in [5, 5.41) is 11.3. The van der Waals surface area contributed by atoms with Gasteiger partial charge in [-0.15, -0.1) is 0 Å². The summed E-state index contributed by atoms with van der Waals surface area (Å²) in [7, 11) is 0. The molecule has 0 spiro atoms. The van der Waals surface area contributed by atoms with Gasteiger partial charge in [0.05, 0.1) is 6.61 Å². The number of halogens is 4. The second kappa shape index (κ2) is 12.8. The van der Waals surface area contributed by atoms with E-state index in [9.17, 15) is 31.9 Å². The van der Waals surface area contributed by atoms with Gasteiger partial charge in [0.15, 0.2) is 29.1 Å². The van der Waals surface area contributed by atoms with Crippen LogP contribution in [-0.4, -0.2) is 41.3 Å². The molecule has 16 heteroatoms. The predicted molar refractivity (Wildman–Crippen MR) is 132 cm³/mol. The largest absolute Gasteiger partial charge is 0.489 e. The van der Waals surface area contributed by atoms with Crippen LogP contribution in [-0.2, 0) is 9.53 Å². The van der Waals surface area contributed by atoms with Gasteiger partial charge in [-0.05, 0) is 49.9 Å². The summed E-state index contributed by atoms with van der Waals surface area (Å²) in [5.74, 6) is -5.31. The van der Waals surface area contributed by atoms with Crippen molar-refractivity contribution in [3.05, 3.63) is 65.1 Å². The molecular weight excluding hydrogens is 572 g/mol. The van der Waals surface area contributed by atoms with Gasteiger partial charge in [-0.2, -0.15) is 8.78 Å². The van der Waals surface area contributed by atoms with E-state index in [1.54, 1.807) is 0 Å². The number of ether oxygens (including phenoxy) is 3. The summed E-state index contributed by atoms with van der Waals surface area (Å²) in [6, 6.07) is 4.04. The number of aromatic nitrogens is 1. The van der Waals surface area contributed by atoms with Crippen molar-refractivity contribution in [2.24, 2.45) is 11.7 Å². The highest BCUT2D eigenvalue weighted by atomic mass is 19.3. The Labute approximate surface area is 234 Å². The first-order valence-corrected chi connectivity index (χ1v) is 12.3. The standard InChI is InChI=1S/C26H24F4N4O8/c1-11(40-26(31)37)21-20(22(35)32-19(23(36)34-38)15-6-5-14(27)9-16(15)28)33-24(42-21)13-4-7-17(41-25(29)30)18(8-13)39-10-12-2-3-12/h4-9,11-12,19,25,38H,2-3,10H2,1H3,(H2,31,37)(H,32,35)(H,34,36). The summed E-state index contributed by atoms with van der Waals surface area (Å²) in [6.07, 6.45) is -0.714. The zero-order valence-corrected chi connectivity index (χ0v) is 21.7. The predicted octanol–water partition coefficient (Wildman–Crippen LogP) is 4.14. The van der Waals surface area contributed by atoms with Crippen LogP contribution >= 0.6 is 0 Å². The smallest absolute Gasteiger partial charge is 0.405 e. The lowest BCUT2D eigenvalue weighted by Gasteiger charge is -2.18. The maximum atomic E-state index is 14.5. The monoisotopic (exact) mass is 596 g/mol. The van der Waals surface area contributed by atoms with Crippen LogP contribution in [0.25, 0.3) is 11.5 Å². The lowest BCUT2D eigenvalue weighted by atomic mass is 10.0. The highest BCUT2D eigenvalue weighted by Gasteiger charge is 2.32. The topological polar surface area (TPSA) is 175 Å². The van der Waals surface area contributed by atoms with Crippen LogP contribution in [0.2, 0.25) is 0 Å². The van der Waals surface area contributed by atoms with Crippen LogP contribution < -0.4 is 26.0 Å². The Bertz CT molecular complexity index is 1480. The van der Waals surface area contributed by atoms with Crippen LogP contribution in [0.4, 0.5) is 22.4 Å². The average molecular weight is 596 g/mol. The molecule has 42 heavy (non-hydrogen) atoms. The highest BCUT2D eigenvalue weighted by molar-refractivity contribution is 5.97. The summed E-state index contributed by atoms with van der Waals surface area (Å²) in [5.41, 5.74) is 5.44. The van der Waals surface area contributed by atoms with Crippen molar-refractivity contribution >= 4 is 17.9 Å². The van der Waals surface area contributed by atoms with Crippen molar-refractivity contribution in [2.75, 3.05) is 6.61 Å². The molecule has 5 N–H and O–H groups in total. The Kier molecular flexibility index (Phi) is 9.15. The number of carbonyl (C=O) groups excluding carboxylic acids is 3. The number of alkyl halides is 2. The number of hydrogen-bond acceptors (Lipinski definition) is 9. The van der Waals surface area contributed by atoms with Crippen LogP contribution in [0.5, 0.6) is 11.5 Å². The summed E-state index contributed by atoms with van der Waals surface area (Å²) >= 11 is 0. The molecule has 1 fully saturated rings. The molecule has 0 saturated heterocycles. The maximum Gasteiger partial charge on any atom is 0.405 e. The van der Waals surface area contributed by atoms with Gasteiger partial charge in [-0.3, -0.25) is 14.8 Å². The zero-order chi connectivity index (χ0) is 30.6. The van der Waals surface area contributed by atoms with E-state index in [0.717, 1.165) is 25.0 Å². The van der Waals surface area contributed by atoms with E-state index in [1.165, 1.54) is 30.6 Å². The van der Waals surface area contributed by atoms with Crippen molar-refractivity contribution in [1.82, 2.24) is 15.8 Å². The van der Waals surface area contributed by atoms with E-state index in [-0.39, 0.29) is 41.2 Å². The molecule has 4 rings (SSSR count). The second-order valence-corrected chi connectivity index (χ2v) is 9.15. The number of nitrogens with zero attached hydrogens (tertiary/aromatic N) is 1. The first-order valence-electron chi connectivity index (χ1n) is 12.3. The van der Waals surface area contributed by atoms with E-state index in [4.69, 9.17) is 24.8 Å². The van der Waals surface area contributed by atoms with E-state index in [2.05, 4.69) is 15.0 Å². The van der Waals surface area contributed by atoms with E-state index in [0.29, 0.717) is 6.07 Å². The number of nitrogens with one attached hydrogen (secondary N) is 2. The number of oxazole rings is 1. The van der Waals surface area contributed by atoms with Crippen LogP contribution in [0.15, 0.2) is 40.8 Å². The molecule has 1 heterocycles. The number of hydrogen-bond donors (Lipinski definition) is 4. The molecule has 12 nitrogen and oxygen atoms in total. The Hall–Kier alpha value is -4.86. The van der Waals surface area contributed by atoms with Gasteiger partial charge in [-0.25, -0.2) is 24.0 Å². The molecule has 1 aromatic heterocycles. The molecule has 2 aromatic carbocycles. The third-order valence-electron chi connectivity index (χ3n) is 6.03. The molecule has 3 amide bonds. The minimum atomic E-state index is -3.13. The Morgan fingerprint density at radius 2 is 1.88 bits per heavy atom. The molecule has 0 radical (unpaired) electrons. The molecule has 1 aliphatic carbocycles. The SMILES string of the molecule is CC(OC(N)=O)c1oc(-c2ccc(OC(F)F)c(OCC3CC3)c2)nc1C(=O)NC(C(=O)NO)c1ccc(F)cc1F. The Morgan fingerprint density at radius 1 is 1.14 bits per heavy atom. The summed E-state index contributed by atoms with van der Waals surface area (Å²) < 4.78 is 74.5. The van der Waals surface area contributed by atoms with Crippen LogP contribution in [0, 0.1) is 17.6 Å². The minimum Gasteiger partial charge on any atom is -0.489 e. The first kappa shape index (κ1) is 30.1. The van der Waals surface area contributed by atoms with Gasteiger partial charge in [0.25, 0.3) is 11.8 Å². The fraction of sp³-hybridized carbons (Fsp3) is 0.308. The number of nitrogens with two attached hydrogens (primary N) is 1. The molecule has 1 saturated carbocycles. The summed E-state index contributed by atoms with van der Waals surface area (Å²) in [6.45, 7) is -1.61. The minimum absolute atomic E-state index is 0.0571. The van der Waals surface area contributed by atoms with Gasteiger partial charge >= 0.3 is 12.7 Å². The number of carbonyl (C=O) groups is 3. The second-order valence-electron chi connectivity index (χ2n) is 9.15. The van der Waals surface area contributed by atoms with Gasteiger partial charge < -0.3 is 29.7 Å². The third-order valence-corrected chi connectivity index (χ3v) is 6.03. The lowest BCUT2D eigenvalue weighted by Crippen LogP contribution is -2.40. The number of amides is 3. The van der Waals surface area contributed by atoms with Gasteiger partial charge in [0, 0.05) is 17.2 Å². The number of primary amides is 1.